The number of thiophene rings is 1. The number of nitrogens with zero attached hydrogens (tertiary/aromatic N) is 3. The summed E-state index contributed by atoms with van der Waals surface area (Å²) < 4.78 is 0. The molecule has 2 aromatic heterocycles. The number of fused-ring (bicyclic) bond motifs is 1. The lowest BCUT2D eigenvalue weighted by molar-refractivity contribution is -0.133. The first kappa shape index (κ1) is 18.1. The molecule has 1 aliphatic carbocycles. The summed E-state index contributed by atoms with van der Waals surface area (Å²) in [5.41, 5.74) is 3.00. The molecule has 3 aliphatic rings. The topological polar surface area (TPSA) is 69.3 Å². The maximum atomic E-state index is 12.9. The molecule has 6 nitrogen and oxygen atoms in total. The predicted octanol–water partition coefficient (Wildman–Crippen LogP) is 2.77. The number of nitrogens with one attached hydrogen (secondary N) is 1. The fraction of sp³-hybridized carbons (Fsp3) is 0.571. The number of aromatic amines is 1. The van der Waals surface area contributed by atoms with E-state index in [9.17, 15) is 9.59 Å². The summed E-state index contributed by atoms with van der Waals surface area (Å²) in [6, 6.07) is 2.09. The number of hydrogen-bond acceptors (Lipinski definition) is 5. The molecule has 1 N–H and O–H groups in total. The standard InChI is InChI=1S/C21H26N4O2S/c1-13-7-10-28-18(13)12-24-9-6-16-15(11-24)20(26)23-19(22-16)17-3-2-8-25(17)21(27)14-4-5-14/h7,10,14,17H,2-6,8-9,11-12H2,1H3,(H,22,23,26). The third-order valence-corrected chi connectivity index (χ3v) is 7.29. The Labute approximate surface area is 168 Å². The quantitative estimate of drug-likeness (QED) is 0.860. The Morgan fingerprint density at radius 1 is 1.32 bits per heavy atom. The van der Waals surface area contributed by atoms with Crippen molar-refractivity contribution in [2.45, 2.75) is 58.2 Å². The minimum atomic E-state index is -0.0575. The third kappa shape index (κ3) is 3.31. The van der Waals surface area contributed by atoms with Crippen molar-refractivity contribution in [2.24, 2.45) is 5.92 Å². The Balaban J connectivity index is 1.36. The van der Waals surface area contributed by atoms with Crippen molar-refractivity contribution in [2.75, 3.05) is 13.1 Å². The SMILES string of the molecule is Cc1ccsc1CN1CCc2nc(C3CCCN3C(=O)C3CC3)[nH]c(=O)c2C1. The molecule has 7 heteroatoms. The Hall–Kier alpha value is -1.99. The van der Waals surface area contributed by atoms with Gasteiger partial charge in [-0.15, -0.1) is 11.3 Å². The zero-order chi connectivity index (χ0) is 19.3. The van der Waals surface area contributed by atoms with Crippen molar-refractivity contribution >= 4 is 17.2 Å². The molecule has 1 unspecified atom stereocenters. The molecule has 0 aromatic carbocycles. The van der Waals surface area contributed by atoms with E-state index in [1.165, 1.54) is 10.4 Å². The van der Waals surface area contributed by atoms with E-state index in [2.05, 4.69) is 28.3 Å². The highest BCUT2D eigenvalue weighted by Gasteiger charge is 2.40. The smallest absolute Gasteiger partial charge is 0.255 e. The second kappa shape index (κ2) is 7.12. The minimum Gasteiger partial charge on any atom is -0.332 e. The molecule has 2 fully saturated rings. The summed E-state index contributed by atoms with van der Waals surface area (Å²) in [6.45, 7) is 5.37. The van der Waals surface area contributed by atoms with Gasteiger partial charge < -0.3 is 9.88 Å². The van der Waals surface area contributed by atoms with Crippen LogP contribution in [0.4, 0.5) is 0 Å². The Morgan fingerprint density at radius 3 is 2.93 bits per heavy atom. The molecule has 148 valence electrons. The summed E-state index contributed by atoms with van der Waals surface area (Å²) in [5.74, 6) is 1.15. The first-order valence-corrected chi connectivity index (χ1v) is 11.2. The number of aryl methyl sites for hydroxylation is 1. The molecule has 1 atom stereocenters. The second-order valence-electron chi connectivity index (χ2n) is 8.33. The van der Waals surface area contributed by atoms with Crippen molar-refractivity contribution in [1.82, 2.24) is 19.8 Å². The van der Waals surface area contributed by atoms with Crippen molar-refractivity contribution in [3.8, 4) is 0 Å². The maximum Gasteiger partial charge on any atom is 0.255 e. The molecule has 28 heavy (non-hydrogen) atoms. The summed E-state index contributed by atoms with van der Waals surface area (Å²) in [7, 11) is 0. The molecule has 4 heterocycles. The maximum absolute atomic E-state index is 12.9. The minimum absolute atomic E-state index is 0.0293. The average molecular weight is 399 g/mol. The van der Waals surface area contributed by atoms with Gasteiger partial charge in [0.25, 0.3) is 5.56 Å². The third-order valence-electron chi connectivity index (χ3n) is 6.28. The largest absolute Gasteiger partial charge is 0.332 e. The number of amides is 1. The molecule has 2 aromatic rings. The van der Waals surface area contributed by atoms with Crippen LogP contribution in [0.1, 0.15) is 59.2 Å². The van der Waals surface area contributed by atoms with Gasteiger partial charge in [0.1, 0.15) is 5.82 Å². The van der Waals surface area contributed by atoms with E-state index in [4.69, 9.17) is 4.98 Å². The van der Waals surface area contributed by atoms with Crippen LogP contribution in [0.2, 0.25) is 0 Å². The van der Waals surface area contributed by atoms with Crippen LogP contribution in [-0.2, 0) is 24.3 Å². The molecule has 0 bridgehead atoms. The van der Waals surface area contributed by atoms with Crippen LogP contribution in [0.25, 0.3) is 0 Å². The first-order valence-electron chi connectivity index (χ1n) is 10.3. The van der Waals surface area contributed by atoms with Crippen molar-refractivity contribution in [3.63, 3.8) is 0 Å². The van der Waals surface area contributed by atoms with Gasteiger partial charge >= 0.3 is 0 Å². The highest BCUT2D eigenvalue weighted by molar-refractivity contribution is 7.10. The average Bonchev–Trinajstić information content (AvgIpc) is 3.29. The summed E-state index contributed by atoms with van der Waals surface area (Å²) in [5, 5.41) is 2.12. The number of hydrogen-bond donors (Lipinski definition) is 1. The van der Waals surface area contributed by atoms with E-state index in [-0.39, 0.29) is 23.4 Å². The van der Waals surface area contributed by atoms with Gasteiger partial charge in [-0.3, -0.25) is 14.5 Å². The van der Waals surface area contributed by atoms with Gasteiger partial charge in [0.05, 0.1) is 17.3 Å². The van der Waals surface area contributed by atoms with Gasteiger partial charge in [-0.25, -0.2) is 4.98 Å². The van der Waals surface area contributed by atoms with Crippen LogP contribution in [0.15, 0.2) is 16.2 Å². The number of carbonyl (C=O) groups is 1. The zero-order valence-corrected chi connectivity index (χ0v) is 17.1. The predicted molar refractivity (Wildman–Crippen MR) is 108 cm³/mol. The van der Waals surface area contributed by atoms with Crippen molar-refractivity contribution in [3.05, 3.63) is 49.3 Å². The van der Waals surface area contributed by atoms with E-state index < -0.39 is 0 Å². The van der Waals surface area contributed by atoms with E-state index in [1.807, 2.05) is 4.90 Å². The lowest BCUT2D eigenvalue weighted by atomic mass is 10.1. The Kier molecular flexibility index (Phi) is 4.59. The lowest BCUT2D eigenvalue weighted by Gasteiger charge is -2.29. The lowest BCUT2D eigenvalue weighted by Crippen LogP contribution is -2.38. The molecule has 0 radical (unpaired) electrons. The monoisotopic (exact) mass is 398 g/mol. The molecule has 1 saturated carbocycles. The molecule has 0 spiro atoms. The Bertz CT molecular complexity index is 962. The van der Waals surface area contributed by atoms with Gasteiger partial charge in [-0.05, 0) is 49.6 Å². The molecule has 1 amide bonds. The Morgan fingerprint density at radius 2 is 2.18 bits per heavy atom. The zero-order valence-electron chi connectivity index (χ0n) is 16.2. The van der Waals surface area contributed by atoms with E-state index >= 15 is 0 Å². The molecule has 2 aliphatic heterocycles. The van der Waals surface area contributed by atoms with Gasteiger partial charge in [0.2, 0.25) is 5.91 Å². The number of H-pyrrole nitrogens is 1. The van der Waals surface area contributed by atoms with Crippen LogP contribution in [0, 0.1) is 12.8 Å². The number of aromatic nitrogens is 2. The fourth-order valence-corrected chi connectivity index (χ4v) is 5.39. The first-order chi connectivity index (χ1) is 13.6. The van der Waals surface area contributed by atoms with Gasteiger partial charge in [-0.1, -0.05) is 0 Å². The normalized spacial score (nSPS) is 22.5. The van der Waals surface area contributed by atoms with Crippen LogP contribution in [0.3, 0.4) is 0 Å². The molecular formula is C21H26N4O2S. The summed E-state index contributed by atoms with van der Waals surface area (Å²) in [4.78, 5) is 39.0. The van der Waals surface area contributed by atoms with Crippen LogP contribution in [-0.4, -0.2) is 38.8 Å². The van der Waals surface area contributed by atoms with Crippen molar-refractivity contribution in [1.29, 1.82) is 0 Å². The van der Waals surface area contributed by atoms with Gasteiger partial charge in [0.15, 0.2) is 0 Å². The van der Waals surface area contributed by atoms with E-state index in [0.717, 1.165) is 63.0 Å². The van der Waals surface area contributed by atoms with Gasteiger partial charge in [0, 0.05) is 43.4 Å². The van der Waals surface area contributed by atoms with Crippen LogP contribution < -0.4 is 5.56 Å². The highest BCUT2D eigenvalue weighted by Crippen LogP contribution is 2.37. The van der Waals surface area contributed by atoms with Crippen LogP contribution >= 0.6 is 11.3 Å². The molecular weight excluding hydrogens is 372 g/mol. The number of likely N-dealkylation sites (tertiary alicyclic amines) is 1. The second-order valence-corrected chi connectivity index (χ2v) is 9.33. The fourth-order valence-electron chi connectivity index (χ4n) is 4.44. The number of carbonyl (C=O) groups excluding carboxylic acids is 1. The molecule has 1 saturated heterocycles. The molecule has 5 rings (SSSR count). The van der Waals surface area contributed by atoms with Crippen LogP contribution in [0.5, 0.6) is 0 Å². The summed E-state index contributed by atoms with van der Waals surface area (Å²) >= 11 is 1.78. The van der Waals surface area contributed by atoms with E-state index in [0.29, 0.717) is 12.4 Å². The van der Waals surface area contributed by atoms with Crippen molar-refractivity contribution < 1.29 is 4.79 Å². The van der Waals surface area contributed by atoms with Gasteiger partial charge in [-0.2, -0.15) is 0 Å². The number of rotatable bonds is 4. The van der Waals surface area contributed by atoms with E-state index in [1.54, 1.807) is 11.3 Å². The summed E-state index contributed by atoms with van der Waals surface area (Å²) in [6.07, 6.45) is 4.69. The highest BCUT2D eigenvalue weighted by atomic mass is 32.1.